The quantitative estimate of drug-likeness (QED) is 0.806. The zero-order valence-corrected chi connectivity index (χ0v) is 17.0. The monoisotopic (exact) mass is 402 g/mol. The van der Waals surface area contributed by atoms with Crippen LogP contribution >= 0.6 is 0 Å². The molecule has 2 aromatic rings. The van der Waals surface area contributed by atoms with Gasteiger partial charge in [0.2, 0.25) is 10.0 Å². The number of carbonyl (C=O) groups excluding carboxylic acids is 1. The van der Waals surface area contributed by atoms with Gasteiger partial charge < -0.3 is 9.64 Å². The Kier molecular flexibility index (Phi) is 6.36. The number of hydrogen-bond donors (Lipinski definition) is 1. The number of hydrogen-bond acceptors (Lipinski definition) is 4. The molecule has 1 fully saturated rings. The van der Waals surface area contributed by atoms with E-state index in [4.69, 9.17) is 4.74 Å². The van der Waals surface area contributed by atoms with Crippen LogP contribution in [0.15, 0.2) is 54.6 Å². The summed E-state index contributed by atoms with van der Waals surface area (Å²) in [6.45, 7) is 2.52. The third-order valence-electron chi connectivity index (χ3n) is 4.89. The molecule has 1 saturated heterocycles. The van der Waals surface area contributed by atoms with E-state index in [0.29, 0.717) is 19.4 Å². The van der Waals surface area contributed by atoms with Gasteiger partial charge in [-0.1, -0.05) is 54.6 Å². The molecule has 0 aliphatic carbocycles. The maximum atomic E-state index is 12.4. The molecule has 0 radical (unpaired) electrons. The summed E-state index contributed by atoms with van der Waals surface area (Å²) in [7, 11) is -3.37. The Morgan fingerprint density at radius 3 is 2.54 bits per heavy atom. The minimum atomic E-state index is -3.37. The van der Waals surface area contributed by atoms with Crippen molar-refractivity contribution in [2.24, 2.45) is 0 Å². The maximum absolute atomic E-state index is 12.4. The van der Waals surface area contributed by atoms with E-state index in [1.807, 2.05) is 48.5 Å². The van der Waals surface area contributed by atoms with Gasteiger partial charge in [0.05, 0.1) is 18.9 Å². The zero-order valence-electron chi connectivity index (χ0n) is 16.2. The fourth-order valence-electron chi connectivity index (χ4n) is 3.70. The first-order chi connectivity index (χ1) is 13.4. The lowest BCUT2D eigenvalue weighted by Crippen LogP contribution is -2.47. The van der Waals surface area contributed by atoms with Gasteiger partial charge in [0.15, 0.2) is 0 Å². The van der Waals surface area contributed by atoms with Gasteiger partial charge in [-0.15, -0.1) is 0 Å². The third-order valence-corrected chi connectivity index (χ3v) is 5.62. The molecular formula is C21H26N2O4S. The van der Waals surface area contributed by atoms with E-state index in [9.17, 15) is 13.2 Å². The molecule has 1 heterocycles. The Hall–Kier alpha value is -2.38. The van der Waals surface area contributed by atoms with Crippen LogP contribution in [0.5, 0.6) is 0 Å². The summed E-state index contributed by atoms with van der Waals surface area (Å²) >= 11 is 0. The molecule has 0 bridgehead atoms. The fraction of sp³-hybridized carbons (Fsp3) is 0.381. The predicted octanol–water partition coefficient (Wildman–Crippen LogP) is 3.04. The number of nitrogens with zero attached hydrogens (tertiary/aromatic N) is 1. The van der Waals surface area contributed by atoms with Crippen LogP contribution in [0.3, 0.4) is 0 Å². The summed E-state index contributed by atoms with van der Waals surface area (Å²) in [4.78, 5) is 14.0. The molecule has 2 aromatic carbocycles. The van der Waals surface area contributed by atoms with E-state index in [1.165, 1.54) is 0 Å². The largest absolute Gasteiger partial charge is 0.450 e. The van der Waals surface area contributed by atoms with E-state index in [1.54, 1.807) is 11.8 Å². The first-order valence-electron chi connectivity index (χ1n) is 9.42. The van der Waals surface area contributed by atoms with Crippen molar-refractivity contribution in [2.45, 2.75) is 31.8 Å². The van der Waals surface area contributed by atoms with Gasteiger partial charge in [-0.2, -0.15) is 0 Å². The Morgan fingerprint density at radius 2 is 1.86 bits per heavy atom. The van der Waals surface area contributed by atoms with Crippen LogP contribution in [0, 0.1) is 0 Å². The second kappa shape index (κ2) is 8.75. The van der Waals surface area contributed by atoms with Crippen molar-refractivity contribution in [3.63, 3.8) is 0 Å². The summed E-state index contributed by atoms with van der Waals surface area (Å²) in [6, 6.07) is 17.6. The van der Waals surface area contributed by atoms with Gasteiger partial charge >= 0.3 is 6.09 Å². The minimum Gasteiger partial charge on any atom is -0.450 e. The topological polar surface area (TPSA) is 75.7 Å². The number of likely N-dealkylation sites (tertiary alicyclic amines) is 1. The standard InChI is InChI=1S/C21H26N2O4S/c1-3-27-21(24)23-13-12-19(22-28(2,25)26)20(23)15-16-8-7-11-18(14-16)17-9-5-4-6-10-17/h4-11,14,19-20,22H,3,12-13,15H2,1-2H3/t19-,20-/m1/s1. The number of nitrogens with one attached hydrogen (secondary N) is 1. The number of benzene rings is 2. The smallest absolute Gasteiger partial charge is 0.410 e. The summed E-state index contributed by atoms with van der Waals surface area (Å²) < 4.78 is 31.4. The number of carbonyl (C=O) groups is 1. The second-order valence-corrected chi connectivity index (χ2v) is 8.80. The van der Waals surface area contributed by atoms with Crippen molar-refractivity contribution in [3.8, 4) is 11.1 Å². The van der Waals surface area contributed by atoms with Gasteiger partial charge in [-0.25, -0.2) is 17.9 Å². The normalized spacial score (nSPS) is 19.6. The number of ether oxygens (including phenoxy) is 1. The van der Waals surface area contributed by atoms with Crippen LogP contribution in [0.2, 0.25) is 0 Å². The molecule has 150 valence electrons. The Labute approximate surface area is 166 Å². The molecule has 7 heteroatoms. The van der Waals surface area contributed by atoms with Crippen LogP contribution in [0.4, 0.5) is 4.79 Å². The molecular weight excluding hydrogens is 376 g/mol. The van der Waals surface area contributed by atoms with Crippen LogP contribution in [0.1, 0.15) is 18.9 Å². The maximum Gasteiger partial charge on any atom is 0.410 e. The van der Waals surface area contributed by atoms with Crippen molar-refractivity contribution in [2.75, 3.05) is 19.4 Å². The number of rotatable bonds is 6. The highest BCUT2D eigenvalue weighted by Crippen LogP contribution is 2.26. The van der Waals surface area contributed by atoms with Gasteiger partial charge in [0.25, 0.3) is 0 Å². The highest BCUT2D eigenvalue weighted by atomic mass is 32.2. The lowest BCUT2D eigenvalue weighted by Gasteiger charge is -2.28. The second-order valence-electron chi connectivity index (χ2n) is 7.02. The average molecular weight is 403 g/mol. The van der Waals surface area contributed by atoms with Gasteiger partial charge in [-0.05, 0) is 36.5 Å². The molecule has 1 N–H and O–H groups in total. The predicted molar refractivity (Wildman–Crippen MR) is 109 cm³/mol. The van der Waals surface area contributed by atoms with Crippen molar-refractivity contribution < 1.29 is 17.9 Å². The molecule has 6 nitrogen and oxygen atoms in total. The fourth-order valence-corrected chi connectivity index (χ4v) is 4.53. The minimum absolute atomic E-state index is 0.287. The Bertz CT molecular complexity index is 915. The molecule has 0 saturated carbocycles. The SMILES string of the molecule is CCOC(=O)N1CC[C@@H](NS(C)(=O)=O)[C@H]1Cc1cccc(-c2ccccc2)c1. The molecule has 0 spiro atoms. The van der Waals surface area contributed by atoms with Crippen molar-refractivity contribution in [1.82, 2.24) is 9.62 Å². The Morgan fingerprint density at radius 1 is 1.14 bits per heavy atom. The Balaban J connectivity index is 1.85. The van der Waals surface area contributed by atoms with Crippen LogP contribution in [-0.4, -0.2) is 50.9 Å². The van der Waals surface area contributed by atoms with Gasteiger partial charge in [-0.3, -0.25) is 0 Å². The molecule has 28 heavy (non-hydrogen) atoms. The molecule has 0 aromatic heterocycles. The highest BCUT2D eigenvalue weighted by Gasteiger charge is 2.39. The first-order valence-corrected chi connectivity index (χ1v) is 11.3. The number of sulfonamides is 1. The van der Waals surface area contributed by atoms with E-state index < -0.39 is 16.1 Å². The van der Waals surface area contributed by atoms with E-state index >= 15 is 0 Å². The summed E-state index contributed by atoms with van der Waals surface area (Å²) in [5.41, 5.74) is 3.25. The molecule has 2 atom stereocenters. The summed E-state index contributed by atoms with van der Waals surface area (Å²) in [5, 5.41) is 0. The van der Waals surface area contributed by atoms with E-state index in [-0.39, 0.29) is 18.7 Å². The summed E-state index contributed by atoms with van der Waals surface area (Å²) in [5.74, 6) is 0. The van der Waals surface area contributed by atoms with Crippen LogP contribution in [-0.2, 0) is 21.2 Å². The summed E-state index contributed by atoms with van der Waals surface area (Å²) in [6.07, 6.45) is 1.86. The molecule has 3 rings (SSSR count). The zero-order chi connectivity index (χ0) is 20.1. The number of amides is 1. The highest BCUT2D eigenvalue weighted by molar-refractivity contribution is 7.88. The molecule has 1 aliphatic heterocycles. The van der Waals surface area contributed by atoms with Crippen LogP contribution in [0.25, 0.3) is 11.1 Å². The lowest BCUT2D eigenvalue weighted by molar-refractivity contribution is 0.101. The molecule has 1 aliphatic rings. The van der Waals surface area contributed by atoms with Crippen molar-refractivity contribution in [3.05, 3.63) is 60.2 Å². The lowest BCUT2D eigenvalue weighted by atomic mass is 9.97. The average Bonchev–Trinajstić information content (AvgIpc) is 3.03. The van der Waals surface area contributed by atoms with Crippen molar-refractivity contribution >= 4 is 16.1 Å². The third kappa shape index (κ3) is 5.11. The van der Waals surface area contributed by atoms with Gasteiger partial charge in [0.1, 0.15) is 0 Å². The van der Waals surface area contributed by atoms with E-state index in [0.717, 1.165) is 22.9 Å². The van der Waals surface area contributed by atoms with Crippen molar-refractivity contribution in [1.29, 1.82) is 0 Å². The van der Waals surface area contributed by atoms with Gasteiger partial charge in [0, 0.05) is 12.6 Å². The first kappa shape index (κ1) is 20.4. The molecule has 0 unspecified atom stereocenters. The molecule has 1 amide bonds. The van der Waals surface area contributed by atoms with Crippen LogP contribution < -0.4 is 4.72 Å². The van der Waals surface area contributed by atoms with E-state index in [2.05, 4.69) is 10.8 Å².